The van der Waals surface area contributed by atoms with Gasteiger partial charge in [0.1, 0.15) is 17.4 Å². The summed E-state index contributed by atoms with van der Waals surface area (Å²) in [5.74, 6) is -1.31. The smallest absolute Gasteiger partial charge is 0.260 e. The van der Waals surface area contributed by atoms with Crippen molar-refractivity contribution in [2.75, 3.05) is 5.32 Å². The van der Waals surface area contributed by atoms with Gasteiger partial charge < -0.3 is 10.4 Å². The summed E-state index contributed by atoms with van der Waals surface area (Å²) >= 11 is 0. The van der Waals surface area contributed by atoms with Crippen molar-refractivity contribution < 1.29 is 18.7 Å². The number of hydrogen-bond donors (Lipinski definition) is 2. The minimum Gasteiger partial charge on any atom is -0.507 e. The Labute approximate surface area is 190 Å². The third-order valence-electron chi connectivity index (χ3n) is 5.19. The molecule has 4 rings (SSSR count). The fraction of sp³-hybridized carbons (Fsp3) is 0.0357. The van der Waals surface area contributed by atoms with Gasteiger partial charge in [-0.3, -0.25) is 4.79 Å². The molecule has 0 aliphatic heterocycles. The number of aromatic hydroxyl groups is 1. The van der Waals surface area contributed by atoms with E-state index in [1.807, 2.05) is 18.2 Å². The van der Waals surface area contributed by atoms with Crippen molar-refractivity contribution in [1.29, 1.82) is 0 Å². The molecular weight excluding hydrogens is 420 g/mol. The lowest BCUT2D eigenvalue weighted by Gasteiger charge is -2.15. The Bertz CT molecular complexity index is 1280. The summed E-state index contributed by atoms with van der Waals surface area (Å²) in [6.07, 6.45) is 4.01. The van der Waals surface area contributed by atoms with Crippen LogP contribution in [0.1, 0.15) is 21.5 Å². The predicted octanol–water partition coefficient (Wildman–Crippen LogP) is 6.85. The molecule has 0 aromatic heterocycles. The normalized spacial score (nSPS) is 11.0. The lowest BCUT2D eigenvalue weighted by atomic mass is 9.94. The lowest BCUT2D eigenvalue weighted by Crippen LogP contribution is -2.14. The fourth-order valence-electron chi connectivity index (χ4n) is 3.51. The molecule has 0 bridgehead atoms. The van der Waals surface area contributed by atoms with Gasteiger partial charge in [0, 0.05) is 5.69 Å². The van der Waals surface area contributed by atoms with Crippen molar-refractivity contribution in [3.05, 3.63) is 125 Å². The third-order valence-corrected chi connectivity index (χ3v) is 5.19. The molecule has 164 valence electrons. The fourth-order valence-corrected chi connectivity index (χ4v) is 3.51. The van der Waals surface area contributed by atoms with E-state index in [1.165, 1.54) is 24.3 Å². The molecule has 0 heterocycles. The summed E-state index contributed by atoms with van der Waals surface area (Å²) in [5, 5.41) is 13.9. The van der Waals surface area contributed by atoms with Gasteiger partial charge in [0.2, 0.25) is 0 Å². The number of rotatable bonds is 6. The van der Waals surface area contributed by atoms with Crippen LogP contribution in [0.4, 0.5) is 14.5 Å². The van der Waals surface area contributed by atoms with Crippen LogP contribution in [0, 0.1) is 11.6 Å². The van der Waals surface area contributed by atoms with Gasteiger partial charge in [0.05, 0.1) is 5.56 Å². The average Bonchev–Trinajstić information content (AvgIpc) is 2.82. The van der Waals surface area contributed by atoms with Gasteiger partial charge in [-0.25, -0.2) is 8.78 Å². The molecule has 1 amide bonds. The monoisotopic (exact) mass is 441 g/mol. The number of phenols is 1. The van der Waals surface area contributed by atoms with Gasteiger partial charge in [0.15, 0.2) is 0 Å². The second kappa shape index (κ2) is 9.92. The molecule has 5 heteroatoms. The largest absolute Gasteiger partial charge is 0.507 e. The highest BCUT2D eigenvalue weighted by atomic mass is 19.1. The van der Waals surface area contributed by atoms with Crippen LogP contribution in [0.5, 0.6) is 5.75 Å². The predicted molar refractivity (Wildman–Crippen MR) is 127 cm³/mol. The molecule has 0 unspecified atom stereocenters. The number of carbonyl (C=O) groups excluding carboxylic acids is 1. The Morgan fingerprint density at radius 3 is 2.12 bits per heavy atom. The van der Waals surface area contributed by atoms with E-state index >= 15 is 0 Å². The summed E-state index contributed by atoms with van der Waals surface area (Å²) in [4.78, 5) is 13.2. The van der Waals surface area contributed by atoms with Crippen LogP contribution in [-0.4, -0.2) is 11.0 Å². The van der Waals surface area contributed by atoms with E-state index in [-0.39, 0.29) is 22.9 Å². The Morgan fingerprint density at radius 1 is 0.818 bits per heavy atom. The molecule has 0 fully saturated rings. The molecule has 0 atom stereocenters. The third kappa shape index (κ3) is 5.33. The minimum atomic E-state index is -0.470. The van der Waals surface area contributed by atoms with Crippen molar-refractivity contribution >= 4 is 17.7 Å². The summed E-state index contributed by atoms with van der Waals surface area (Å²) in [6, 6.07) is 24.2. The molecule has 0 spiro atoms. The van der Waals surface area contributed by atoms with Crippen LogP contribution in [0.15, 0.2) is 97.1 Å². The average molecular weight is 441 g/mol. The topological polar surface area (TPSA) is 49.3 Å². The summed E-state index contributed by atoms with van der Waals surface area (Å²) in [5.41, 5.74) is 3.18. The van der Waals surface area contributed by atoms with Gasteiger partial charge in [-0.05, 0) is 65.1 Å². The number of phenolic OH excluding ortho intramolecular Hbond substituents is 1. The zero-order valence-electron chi connectivity index (χ0n) is 17.6. The Balaban J connectivity index is 1.68. The SMILES string of the molecule is O=C(Nc1ccccc1)c1c(-c2ccc(F)cc2)ccc(C/C=C/c2ccc(F)cc2)c1O. The van der Waals surface area contributed by atoms with E-state index in [4.69, 9.17) is 0 Å². The zero-order valence-corrected chi connectivity index (χ0v) is 17.6. The molecule has 0 aliphatic rings. The quantitative estimate of drug-likeness (QED) is 0.344. The van der Waals surface area contributed by atoms with E-state index < -0.39 is 5.91 Å². The van der Waals surface area contributed by atoms with Gasteiger partial charge in [0.25, 0.3) is 5.91 Å². The maximum Gasteiger partial charge on any atom is 0.260 e. The van der Waals surface area contributed by atoms with Crippen molar-refractivity contribution in [3.8, 4) is 16.9 Å². The Morgan fingerprint density at radius 2 is 1.45 bits per heavy atom. The van der Waals surface area contributed by atoms with E-state index in [9.17, 15) is 18.7 Å². The van der Waals surface area contributed by atoms with Crippen molar-refractivity contribution in [3.63, 3.8) is 0 Å². The van der Waals surface area contributed by atoms with E-state index in [0.717, 1.165) is 5.56 Å². The van der Waals surface area contributed by atoms with E-state index in [1.54, 1.807) is 60.7 Å². The van der Waals surface area contributed by atoms with Crippen LogP contribution in [-0.2, 0) is 6.42 Å². The van der Waals surface area contributed by atoms with Gasteiger partial charge in [-0.15, -0.1) is 0 Å². The number of carbonyl (C=O) groups is 1. The number of hydrogen-bond acceptors (Lipinski definition) is 2. The van der Waals surface area contributed by atoms with Gasteiger partial charge >= 0.3 is 0 Å². The molecule has 0 saturated heterocycles. The number of halogens is 2. The molecule has 0 saturated carbocycles. The molecule has 2 N–H and O–H groups in total. The number of para-hydroxylation sites is 1. The highest BCUT2D eigenvalue weighted by molar-refractivity contribution is 6.11. The Kier molecular flexibility index (Phi) is 6.60. The van der Waals surface area contributed by atoms with Crippen molar-refractivity contribution in [1.82, 2.24) is 0 Å². The first-order chi connectivity index (χ1) is 16.0. The maximum atomic E-state index is 13.4. The molecule has 4 aromatic rings. The van der Waals surface area contributed by atoms with Gasteiger partial charge in [-0.2, -0.15) is 0 Å². The number of benzene rings is 4. The second-order valence-corrected chi connectivity index (χ2v) is 7.48. The van der Waals surface area contributed by atoms with Crippen LogP contribution in [0.3, 0.4) is 0 Å². The number of amides is 1. The number of nitrogens with one attached hydrogen (secondary N) is 1. The van der Waals surface area contributed by atoms with Crippen LogP contribution in [0.25, 0.3) is 17.2 Å². The number of anilines is 1. The van der Waals surface area contributed by atoms with Crippen LogP contribution in [0.2, 0.25) is 0 Å². The standard InChI is InChI=1S/C28H21F2NO2/c29-22-14-9-19(10-15-22)5-4-6-21-13-18-25(20-11-16-23(30)17-12-20)26(27(21)32)28(33)31-24-7-2-1-3-8-24/h1-5,7-18,32H,6H2,(H,31,33)/b5-4+. The number of allylic oxidation sites excluding steroid dienone is 1. The summed E-state index contributed by atoms with van der Waals surface area (Å²) in [6.45, 7) is 0. The van der Waals surface area contributed by atoms with Crippen molar-refractivity contribution in [2.45, 2.75) is 6.42 Å². The highest BCUT2D eigenvalue weighted by Gasteiger charge is 2.20. The lowest BCUT2D eigenvalue weighted by molar-refractivity contribution is 0.102. The molecule has 0 radical (unpaired) electrons. The van der Waals surface area contributed by atoms with Gasteiger partial charge in [-0.1, -0.05) is 66.7 Å². The maximum absolute atomic E-state index is 13.4. The molecule has 4 aromatic carbocycles. The molecule has 0 aliphatic carbocycles. The molecule has 33 heavy (non-hydrogen) atoms. The summed E-state index contributed by atoms with van der Waals surface area (Å²) < 4.78 is 26.5. The first kappa shape index (κ1) is 22.0. The molecular formula is C28H21F2NO2. The highest BCUT2D eigenvalue weighted by Crippen LogP contribution is 2.34. The minimum absolute atomic E-state index is 0.109. The first-order valence-corrected chi connectivity index (χ1v) is 10.4. The van der Waals surface area contributed by atoms with Crippen LogP contribution >= 0.6 is 0 Å². The second-order valence-electron chi connectivity index (χ2n) is 7.48. The van der Waals surface area contributed by atoms with E-state index in [0.29, 0.717) is 28.8 Å². The zero-order chi connectivity index (χ0) is 23.2. The summed E-state index contributed by atoms with van der Waals surface area (Å²) in [7, 11) is 0. The first-order valence-electron chi connectivity index (χ1n) is 10.4. The van der Waals surface area contributed by atoms with Crippen LogP contribution < -0.4 is 5.32 Å². The Hall–Kier alpha value is -4.25. The molecule has 3 nitrogen and oxygen atoms in total. The van der Waals surface area contributed by atoms with Crippen molar-refractivity contribution in [2.24, 2.45) is 0 Å². The van der Waals surface area contributed by atoms with E-state index in [2.05, 4.69) is 5.32 Å².